The van der Waals surface area contributed by atoms with E-state index in [0.29, 0.717) is 18.8 Å². The molecule has 0 aromatic carbocycles. The highest BCUT2D eigenvalue weighted by atomic mass is 16.5. The maximum atomic E-state index is 12.8. The molecule has 0 radical (unpaired) electrons. The maximum Gasteiger partial charge on any atom is 0.272 e. The average molecular weight is 377 g/mol. The summed E-state index contributed by atoms with van der Waals surface area (Å²) in [6, 6.07) is 1.92. The van der Waals surface area contributed by atoms with Crippen molar-refractivity contribution in [3.05, 3.63) is 17.5 Å². The Kier molecular flexibility index (Phi) is 6.49. The first-order chi connectivity index (χ1) is 13.0. The summed E-state index contributed by atoms with van der Waals surface area (Å²) in [6.45, 7) is 10.0. The second kappa shape index (κ2) is 8.84. The van der Waals surface area contributed by atoms with Crippen molar-refractivity contribution < 1.29 is 14.3 Å². The minimum absolute atomic E-state index is 0.00239. The van der Waals surface area contributed by atoms with E-state index in [4.69, 9.17) is 4.74 Å². The molecule has 1 unspecified atom stereocenters. The molecule has 0 aliphatic carbocycles. The van der Waals surface area contributed by atoms with Gasteiger partial charge in [-0.25, -0.2) is 0 Å². The normalized spacial score (nSPS) is 20.9. The van der Waals surface area contributed by atoms with Crippen LogP contribution in [0.3, 0.4) is 0 Å². The number of ether oxygens (including phenoxy) is 1. The number of aryl methyl sites for hydroxylation is 2. The van der Waals surface area contributed by atoms with Crippen molar-refractivity contribution in [1.82, 2.24) is 24.5 Å². The standard InChI is InChI=1S/C19H31N5O3/c1-15-13-18(21(3)20-15)19(26)23-8-5-17(14-23)24(16(2)25)7-4-6-22-9-11-27-12-10-22/h13,17H,4-12,14H2,1-3H3. The number of likely N-dealkylation sites (tertiary alicyclic amines) is 1. The fourth-order valence-electron chi connectivity index (χ4n) is 4.04. The van der Waals surface area contributed by atoms with Gasteiger partial charge >= 0.3 is 0 Å². The third kappa shape index (κ3) is 4.87. The van der Waals surface area contributed by atoms with E-state index in [2.05, 4.69) is 10.00 Å². The molecule has 0 spiro atoms. The fourth-order valence-corrected chi connectivity index (χ4v) is 4.04. The highest BCUT2D eigenvalue weighted by Crippen LogP contribution is 2.19. The molecule has 2 saturated heterocycles. The zero-order chi connectivity index (χ0) is 19.4. The molecule has 3 heterocycles. The number of carbonyl (C=O) groups is 2. The second-order valence-electron chi connectivity index (χ2n) is 7.51. The average Bonchev–Trinajstić information content (AvgIpc) is 3.25. The van der Waals surface area contributed by atoms with Crippen LogP contribution in [0.2, 0.25) is 0 Å². The molecule has 2 aliphatic rings. The Hall–Kier alpha value is -1.93. The van der Waals surface area contributed by atoms with Crippen LogP contribution in [0.15, 0.2) is 6.07 Å². The first kappa shape index (κ1) is 19.8. The van der Waals surface area contributed by atoms with Gasteiger partial charge in [0.1, 0.15) is 5.69 Å². The van der Waals surface area contributed by atoms with Crippen LogP contribution < -0.4 is 0 Å². The van der Waals surface area contributed by atoms with Gasteiger partial charge in [-0.1, -0.05) is 0 Å². The zero-order valence-corrected chi connectivity index (χ0v) is 16.7. The first-order valence-electron chi connectivity index (χ1n) is 9.83. The van der Waals surface area contributed by atoms with Crippen LogP contribution in [0.4, 0.5) is 0 Å². The monoisotopic (exact) mass is 377 g/mol. The fraction of sp³-hybridized carbons (Fsp3) is 0.737. The predicted octanol–water partition coefficient (Wildman–Crippen LogP) is 0.514. The van der Waals surface area contributed by atoms with Crippen molar-refractivity contribution in [2.24, 2.45) is 7.05 Å². The van der Waals surface area contributed by atoms with Crippen LogP contribution in [-0.2, 0) is 16.6 Å². The molecule has 3 rings (SSSR count). The van der Waals surface area contributed by atoms with Gasteiger partial charge < -0.3 is 14.5 Å². The van der Waals surface area contributed by atoms with Crippen LogP contribution in [0.5, 0.6) is 0 Å². The number of carbonyl (C=O) groups excluding carboxylic acids is 2. The molecule has 2 amide bonds. The minimum atomic E-state index is -0.00239. The number of hydrogen-bond acceptors (Lipinski definition) is 5. The van der Waals surface area contributed by atoms with Crippen LogP contribution >= 0.6 is 0 Å². The van der Waals surface area contributed by atoms with Crippen molar-refractivity contribution in [3.8, 4) is 0 Å². The molecule has 8 nitrogen and oxygen atoms in total. The molecule has 1 atom stereocenters. The lowest BCUT2D eigenvalue weighted by molar-refractivity contribution is -0.131. The number of rotatable bonds is 6. The van der Waals surface area contributed by atoms with Crippen LogP contribution in [0.1, 0.15) is 35.9 Å². The van der Waals surface area contributed by atoms with E-state index >= 15 is 0 Å². The Balaban J connectivity index is 1.53. The van der Waals surface area contributed by atoms with Crippen LogP contribution in [-0.4, -0.2) is 94.8 Å². The van der Waals surface area contributed by atoms with E-state index < -0.39 is 0 Å². The van der Waals surface area contributed by atoms with Gasteiger partial charge in [0.2, 0.25) is 5.91 Å². The molecule has 2 fully saturated rings. The number of hydrogen-bond donors (Lipinski definition) is 0. The molecule has 150 valence electrons. The molecule has 0 bridgehead atoms. The van der Waals surface area contributed by atoms with Crippen LogP contribution in [0.25, 0.3) is 0 Å². The Morgan fingerprint density at radius 3 is 2.67 bits per heavy atom. The van der Waals surface area contributed by atoms with Crippen molar-refractivity contribution in [2.45, 2.75) is 32.7 Å². The van der Waals surface area contributed by atoms with Gasteiger partial charge in [-0.05, 0) is 25.8 Å². The summed E-state index contributed by atoms with van der Waals surface area (Å²) in [7, 11) is 1.79. The Bertz CT molecular complexity index is 668. The summed E-state index contributed by atoms with van der Waals surface area (Å²) < 4.78 is 7.01. The summed E-state index contributed by atoms with van der Waals surface area (Å²) in [4.78, 5) is 31.2. The quantitative estimate of drug-likeness (QED) is 0.723. The highest BCUT2D eigenvalue weighted by Gasteiger charge is 2.33. The van der Waals surface area contributed by atoms with Gasteiger partial charge in [-0.15, -0.1) is 0 Å². The smallest absolute Gasteiger partial charge is 0.272 e. The molecule has 1 aromatic heterocycles. The van der Waals surface area contributed by atoms with Crippen molar-refractivity contribution in [2.75, 3.05) is 52.5 Å². The Morgan fingerprint density at radius 2 is 2.04 bits per heavy atom. The zero-order valence-electron chi connectivity index (χ0n) is 16.7. The van der Waals surface area contributed by atoms with Crippen molar-refractivity contribution in [3.63, 3.8) is 0 Å². The van der Waals surface area contributed by atoms with E-state index in [1.54, 1.807) is 18.7 Å². The molecule has 2 aliphatic heterocycles. The van der Waals surface area contributed by atoms with Gasteiger partial charge in [-0.2, -0.15) is 5.10 Å². The van der Waals surface area contributed by atoms with Gasteiger partial charge in [0.25, 0.3) is 5.91 Å². The first-order valence-corrected chi connectivity index (χ1v) is 9.83. The lowest BCUT2D eigenvalue weighted by atomic mass is 10.2. The third-order valence-corrected chi connectivity index (χ3v) is 5.49. The lowest BCUT2D eigenvalue weighted by Crippen LogP contribution is -2.44. The summed E-state index contributed by atoms with van der Waals surface area (Å²) in [5.74, 6) is 0.0880. The van der Waals surface area contributed by atoms with Crippen molar-refractivity contribution in [1.29, 1.82) is 0 Å². The summed E-state index contributed by atoms with van der Waals surface area (Å²) in [6.07, 6.45) is 1.78. The molecule has 27 heavy (non-hydrogen) atoms. The molecule has 0 N–H and O–H groups in total. The van der Waals surface area contributed by atoms with Gasteiger partial charge in [-0.3, -0.25) is 19.2 Å². The number of amides is 2. The summed E-state index contributed by atoms with van der Waals surface area (Å²) >= 11 is 0. The number of nitrogens with zero attached hydrogens (tertiary/aromatic N) is 5. The molecular formula is C19H31N5O3. The molecule has 0 saturated carbocycles. The predicted molar refractivity (Wildman–Crippen MR) is 102 cm³/mol. The molecule has 1 aromatic rings. The molecule has 8 heteroatoms. The summed E-state index contributed by atoms with van der Waals surface area (Å²) in [5.41, 5.74) is 1.44. The van der Waals surface area contributed by atoms with Gasteiger partial charge in [0.15, 0.2) is 0 Å². The van der Waals surface area contributed by atoms with E-state index in [-0.39, 0.29) is 17.9 Å². The SMILES string of the molecule is CC(=O)N(CCCN1CCOCC1)C1CCN(C(=O)c2cc(C)nn2C)C1. The highest BCUT2D eigenvalue weighted by molar-refractivity contribution is 5.93. The van der Waals surface area contributed by atoms with E-state index in [0.717, 1.165) is 57.9 Å². The van der Waals surface area contributed by atoms with Gasteiger partial charge in [0.05, 0.1) is 24.9 Å². The third-order valence-electron chi connectivity index (χ3n) is 5.49. The minimum Gasteiger partial charge on any atom is -0.379 e. The second-order valence-corrected chi connectivity index (χ2v) is 7.51. The largest absolute Gasteiger partial charge is 0.379 e. The van der Waals surface area contributed by atoms with Crippen molar-refractivity contribution >= 4 is 11.8 Å². The van der Waals surface area contributed by atoms with E-state index in [9.17, 15) is 9.59 Å². The van der Waals surface area contributed by atoms with Gasteiger partial charge in [0, 0.05) is 53.2 Å². The number of aromatic nitrogens is 2. The number of morpholine rings is 1. The molecular weight excluding hydrogens is 346 g/mol. The Labute approximate surface area is 161 Å². The Morgan fingerprint density at radius 1 is 1.30 bits per heavy atom. The summed E-state index contributed by atoms with van der Waals surface area (Å²) in [5, 5.41) is 4.26. The lowest BCUT2D eigenvalue weighted by Gasteiger charge is -2.30. The maximum absolute atomic E-state index is 12.8. The van der Waals surface area contributed by atoms with Crippen LogP contribution in [0, 0.1) is 6.92 Å². The van der Waals surface area contributed by atoms with E-state index in [1.165, 1.54) is 0 Å². The topological polar surface area (TPSA) is 70.9 Å². The van der Waals surface area contributed by atoms with E-state index in [1.807, 2.05) is 22.8 Å².